The van der Waals surface area contributed by atoms with Crippen molar-refractivity contribution in [3.05, 3.63) is 111 Å². The monoisotopic (exact) mass is 494 g/mol. The molecule has 0 aliphatic heterocycles. The second kappa shape index (κ2) is 8.95. The molecule has 0 atom stereocenters. The maximum Gasteiger partial charge on any atom is 0.267 e. The van der Waals surface area contributed by atoms with Crippen molar-refractivity contribution in [3.63, 3.8) is 0 Å². The fourth-order valence-electron chi connectivity index (χ4n) is 3.93. The van der Waals surface area contributed by atoms with Crippen molar-refractivity contribution in [1.82, 2.24) is 19.2 Å². The molecule has 0 saturated carbocycles. The molecule has 0 aliphatic rings. The zero-order valence-corrected chi connectivity index (χ0v) is 19.1. The number of hydrogen-bond donors (Lipinski definition) is 0. The second-order valence-corrected chi connectivity index (χ2v) is 8.16. The van der Waals surface area contributed by atoms with E-state index in [1.165, 1.54) is 21.3 Å². The minimum Gasteiger partial charge on any atom is -0.485 e. The van der Waals surface area contributed by atoms with E-state index in [0.29, 0.717) is 17.0 Å². The summed E-state index contributed by atoms with van der Waals surface area (Å²) >= 11 is 0. The molecule has 0 bridgehead atoms. The Morgan fingerprint density at radius 2 is 1.69 bits per heavy atom. The van der Waals surface area contributed by atoms with Crippen LogP contribution in [0.15, 0.2) is 65.6 Å². The third-order valence-electron chi connectivity index (χ3n) is 5.66. The van der Waals surface area contributed by atoms with Crippen LogP contribution in [0.1, 0.15) is 17.0 Å². The highest BCUT2D eigenvalue weighted by molar-refractivity contribution is 5.65. The SMILES string of the molecule is Cc1nc2c(OCc3ccc(F)c(F)c3)cccn2c(=O)c1-c1cc(C)n(-c2cc(F)ccc2F)n1. The third-order valence-corrected chi connectivity index (χ3v) is 5.66. The van der Waals surface area contributed by atoms with Crippen molar-refractivity contribution in [2.45, 2.75) is 20.5 Å². The number of ether oxygens (including phenoxy) is 1. The summed E-state index contributed by atoms with van der Waals surface area (Å²) in [7, 11) is 0. The van der Waals surface area contributed by atoms with Crippen LogP contribution >= 0.6 is 0 Å². The molecule has 3 aromatic heterocycles. The highest BCUT2D eigenvalue weighted by Crippen LogP contribution is 2.25. The fourth-order valence-corrected chi connectivity index (χ4v) is 3.93. The van der Waals surface area contributed by atoms with Crippen LogP contribution in [-0.4, -0.2) is 19.2 Å². The van der Waals surface area contributed by atoms with E-state index in [0.717, 1.165) is 30.3 Å². The molecule has 0 unspecified atom stereocenters. The Labute approximate surface area is 202 Å². The van der Waals surface area contributed by atoms with Gasteiger partial charge < -0.3 is 4.74 Å². The van der Waals surface area contributed by atoms with Gasteiger partial charge in [-0.3, -0.25) is 9.20 Å². The van der Waals surface area contributed by atoms with Gasteiger partial charge in [-0.05, 0) is 61.9 Å². The Hall–Kier alpha value is -4.47. The lowest BCUT2D eigenvalue weighted by molar-refractivity contribution is 0.306. The average Bonchev–Trinajstić information content (AvgIpc) is 3.22. The van der Waals surface area contributed by atoms with Gasteiger partial charge in [0, 0.05) is 18.0 Å². The molecule has 0 aliphatic carbocycles. The Bertz CT molecular complexity index is 1690. The van der Waals surface area contributed by atoms with E-state index < -0.39 is 28.8 Å². The zero-order valence-electron chi connectivity index (χ0n) is 19.1. The second-order valence-electron chi connectivity index (χ2n) is 8.16. The maximum atomic E-state index is 14.3. The molecular formula is C26H18F4N4O2. The summed E-state index contributed by atoms with van der Waals surface area (Å²) in [5.41, 5.74) is 1.35. The van der Waals surface area contributed by atoms with Gasteiger partial charge in [0.05, 0.1) is 11.3 Å². The smallest absolute Gasteiger partial charge is 0.267 e. The van der Waals surface area contributed by atoms with Gasteiger partial charge in [0.25, 0.3) is 5.56 Å². The van der Waals surface area contributed by atoms with Gasteiger partial charge in [-0.25, -0.2) is 27.2 Å². The molecule has 5 aromatic rings. The van der Waals surface area contributed by atoms with Crippen LogP contribution in [0.4, 0.5) is 17.6 Å². The van der Waals surface area contributed by atoms with Crippen molar-refractivity contribution >= 4 is 5.65 Å². The molecule has 0 fully saturated rings. The number of halogens is 4. The quantitative estimate of drug-likeness (QED) is 0.311. The first-order chi connectivity index (χ1) is 17.2. The maximum absolute atomic E-state index is 14.3. The number of rotatable bonds is 5. The molecule has 0 saturated heterocycles. The van der Waals surface area contributed by atoms with Crippen LogP contribution < -0.4 is 10.3 Å². The molecule has 0 spiro atoms. The molecule has 3 heterocycles. The van der Waals surface area contributed by atoms with Crippen LogP contribution in [0.25, 0.3) is 22.6 Å². The summed E-state index contributed by atoms with van der Waals surface area (Å²) in [6, 6.07) is 11.2. The zero-order chi connectivity index (χ0) is 25.6. The van der Waals surface area contributed by atoms with Crippen molar-refractivity contribution in [2.24, 2.45) is 0 Å². The van der Waals surface area contributed by atoms with E-state index >= 15 is 0 Å². The van der Waals surface area contributed by atoms with Crippen molar-refractivity contribution in [1.29, 1.82) is 0 Å². The van der Waals surface area contributed by atoms with Gasteiger partial charge >= 0.3 is 0 Å². The number of aromatic nitrogens is 4. The van der Waals surface area contributed by atoms with Gasteiger partial charge in [-0.2, -0.15) is 5.10 Å². The van der Waals surface area contributed by atoms with Crippen molar-refractivity contribution < 1.29 is 22.3 Å². The van der Waals surface area contributed by atoms with Crippen LogP contribution in [0, 0.1) is 37.1 Å². The lowest BCUT2D eigenvalue weighted by atomic mass is 10.1. The van der Waals surface area contributed by atoms with E-state index in [1.54, 1.807) is 32.0 Å². The van der Waals surface area contributed by atoms with Gasteiger partial charge in [-0.1, -0.05) is 6.07 Å². The van der Waals surface area contributed by atoms with E-state index in [9.17, 15) is 22.4 Å². The van der Waals surface area contributed by atoms with Crippen LogP contribution in [0.3, 0.4) is 0 Å². The lowest BCUT2D eigenvalue weighted by Crippen LogP contribution is -2.19. The summed E-state index contributed by atoms with van der Waals surface area (Å²) in [6.45, 7) is 3.21. The fraction of sp³-hybridized carbons (Fsp3) is 0.115. The van der Waals surface area contributed by atoms with Crippen molar-refractivity contribution in [3.8, 4) is 22.7 Å². The number of hydrogen-bond acceptors (Lipinski definition) is 4. The van der Waals surface area contributed by atoms with Gasteiger partial charge in [0.15, 0.2) is 23.0 Å². The molecule has 5 rings (SSSR count). The lowest BCUT2D eigenvalue weighted by Gasteiger charge is -2.12. The number of nitrogens with zero attached hydrogens (tertiary/aromatic N) is 4. The Balaban J connectivity index is 1.55. The first kappa shape index (κ1) is 23.3. The summed E-state index contributed by atoms with van der Waals surface area (Å²) in [4.78, 5) is 17.9. The number of fused-ring (bicyclic) bond motifs is 1. The predicted octanol–water partition coefficient (Wildman–Crippen LogP) is 5.30. The summed E-state index contributed by atoms with van der Waals surface area (Å²) in [6.07, 6.45) is 1.51. The van der Waals surface area contributed by atoms with E-state index in [-0.39, 0.29) is 34.9 Å². The molecule has 10 heteroatoms. The Morgan fingerprint density at radius 3 is 2.47 bits per heavy atom. The summed E-state index contributed by atoms with van der Waals surface area (Å²) < 4.78 is 63.0. The highest BCUT2D eigenvalue weighted by Gasteiger charge is 2.19. The van der Waals surface area contributed by atoms with Gasteiger partial charge in [0.1, 0.15) is 29.6 Å². The molecule has 0 amide bonds. The van der Waals surface area contributed by atoms with Gasteiger partial charge in [0.2, 0.25) is 0 Å². The standard InChI is InChI=1S/C26H18F4N4O2/c1-14-10-21(32-34(14)22-12-17(27)6-8-19(22)29)24-15(2)31-25-23(4-3-9-33(25)26(24)35)36-13-16-5-7-18(28)20(30)11-16/h3-12H,13H2,1-2H3. The molecule has 36 heavy (non-hydrogen) atoms. The Kier molecular flexibility index (Phi) is 5.79. The van der Waals surface area contributed by atoms with Gasteiger partial charge in [-0.15, -0.1) is 0 Å². The summed E-state index contributed by atoms with van der Waals surface area (Å²) in [5, 5.41) is 4.35. The molecule has 182 valence electrons. The first-order valence-corrected chi connectivity index (χ1v) is 10.8. The van der Waals surface area contributed by atoms with E-state index in [2.05, 4.69) is 10.1 Å². The molecule has 0 N–H and O–H groups in total. The minimum atomic E-state index is -0.989. The highest BCUT2D eigenvalue weighted by atomic mass is 19.2. The largest absolute Gasteiger partial charge is 0.485 e. The minimum absolute atomic E-state index is 0.0731. The average molecular weight is 494 g/mol. The number of pyridine rings is 1. The van der Waals surface area contributed by atoms with Crippen LogP contribution in [-0.2, 0) is 6.61 Å². The van der Waals surface area contributed by atoms with Crippen LogP contribution in [0.2, 0.25) is 0 Å². The molecular weight excluding hydrogens is 476 g/mol. The predicted molar refractivity (Wildman–Crippen MR) is 124 cm³/mol. The topological polar surface area (TPSA) is 61.4 Å². The normalized spacial score (nSPS) is 11.3. The summed E-state index contributed by atoms with van der Waals surface area (Å²) in [5.74, 6) is -2.98. The molecule has 2 aromatic carbocycles. The molecule has 6 nitrogen and oxygen atoms in total. The molecule has 0 radical (unpaired) electrons. The van der Waals surface area contributed by atoms with Crippen molar-refractivity contribution in [2.75, 3.05) is 0 Å². The first-order valence-electron chi connectivity index (χ1n) is 10.8. The Morgan fingerprint density at radius 1 is 0.917 bits per heavy atom. The van der Waals surface area contributed by atoms with E-state index in [4.69, 9.17) is 4.74 Å². The third kappa shape index (κ3) is 4.10. The van der Waals surface area contributed by atoms with E-state index in [1.807, 2.05) is 0 Å². The number of benzene rings is 2. The van der Waals surface area contributed by atoms with Crippen LogP contribution in [0.5, 0.6) is 5.75 Å². The number of aryl methyl sites for hydroxylation is 2.